The van der Waals surface area contributed by atoms with Crippen molar-refractivity contribution in [3.63, 3.8) is 0 Å². The van der Waals surface area contributed by atoms with Crippen LogP contribution in [0.1, 0.15) is 30.9 Å². The molecule has 1 aromatic rings. The van der Waals surface area contributed by atoms with Crippen LogP contribution in [0.3, 0.4) is 0 Å². The van der Waals surface area contributed by atoms with Gasteiger partial charge in [0.25, 0.3) is 0 Å². The van der Waals surface area contributed by atoms with E-state index in [1.807, 2.05) is 6.07 Å². The van der Waals surface area contributed by atoms with Crippen LogP contribution in [0.4, 0.5) is 0 Å². The quantitative estimate of drug-likeness (QED) is 0.922. The zero-order valence-electron chi connectivity index (χ0n) is 12.3. The molecule has 1 aromatic carbocycles. The second kappa shape index (κ2) is 6.14. The van der Waals surface area contributed by atoms with Crippen LogP contribution in [-0.2, 0) is 14.8 Å². The van der Waals surface area contributed by atoms with Crippen molar-refractivity contribution in [2.24, 2.45) is 5.41 Å². The van der Waals surface area contributed by atoms with E-state index >= 15 is 0 Å². The molecule has 0 spiro atoms. The predicted octanol–water partition coefficient (Wildman–Crippen LogP) is 1.96. The summed E-state index contributed by atoms with van der Waals surface area (Å²) in [5.74, 6) is 0. The topological polar surface area (TPSA) is 79.2 Å². The van der Waals surface area contributed by atoms with Gasteiger partial charge in [0.05, 0.1) is 16.5 Å². The summed E-state index contributed by atoms with van der Waals surface area (Å²) in [6, 6.07) is 6.67. The minimum atomic E-state index is -3.60. The molecule has 0 amide bonds. The maximum Gasteiger partial charge on any atom is 0.240 e. The Labute approximate surface area is 126 Å². The maximum absolute atomic E-state index is 12.5. The number of sulfonamides is 1. The van der Waals surface area contributed by atoms with Crippen LogP contribution in [0.2, 0.25) is 0 Å². The van der Waals surface area contributed by atoms with E-state index in [-0.39, 0.29) is 10.3 Å². The molecule has 21 heavy (non-hydrogen) atoms. The molecule has 2 rings (SSSR count). The SMILES string of the molecule is Cc1ccc(C#N)cc1S(=O)(=O)NCC1(C)CCOCC1. The lowest BCUT2D eigenvalue weighted by Crippen LogP contribution is -2.39. The Morgan fingerprint density at radius 3 is 2.67 bits per heavy atom. The van der Waals surface area contributed by atoms with Gasteiger partial charge in [-0.25, -0.2) is 13.1 Å². The molecule has 1 saturated heterocycles. The van der Waals surface area contributed by atoms with E-state index in [4.69, 9.17) is 10.00 Å². The van der Waals surface area contributed by atoms with Gasteiger partial charge < -0.3 is 4.74 Å². The third-order valence-electron chi connectivity index (χ3n) is 4.00. The van der Waals surface area contributed by atoms with Gasteiger partial charge in [-0.2, -0.15) is 5.26 Å². The van der Waals surface area contributed by atoms with Crippen molar-refractivity contribution in [3.8, 4) is 6.07 Å². The van der Waals surface area contributed by atoms with E-state index in [0.717, 1.165) is 12.8 Å². The Morgan fingerprint density at radius 1 is 1.38 bits per heavy atom. The van der Waals surface area contributed by atoms with Crippen LogP contribution in [0.25, 0.3) is 0 Å². The molecular weight excluding hydrogens is 288 g/mol. The molecule has 0 saturated carbocycles. The summed E-state index contributed by atoms with van der Waals surface area (Å²) >= 11 is 0. The summed E-state index contributed by atoms with van der Waals surface area (Å²) in [7, 11) is -3.60. The molecular formula is C15H20N2O3S. The Kier molecular flexibility index (Phi) is 4.67. The molecule has 5 nitrogen and oxygen atoms in total. The van der Waals surface area contributed by atoms with Crippen molar-refractivity contribution in [1.29, 1.82) is 5.26 Å². The molecule has 1 N–H and O–H groups in total. The summed E-state index contributed by atoms with van der Waals surface area (Å²) in [6.45, 7) is 5.51. The van der Waals surface area contributed by atoms with Crippen LogP contribution in [0, 0.1) is 23.7 Å². The van der Waals surface area contributed by atoms with Crippen molar-refractivity contribution in [3.05, 3.63) is 29.3 Å². The summed E-state index contributed by atoms with van der Waals surface area (Å²) in [5, 5.41) is 8.91. The molecule has 6 heteroatoms. The van der Waals surface area contributed by atoms with E-state index in [9.17, 15) is 8.42 Å². The zero-order chi connectivity index (χ0) is 15.5. The van der Waals surface area contributed by atoms with Crippen LogP contribution in [0.15, 0.2) is 23.1 Å². The maximum atomic E-state index is 12.5. The largest absolute Gasteiger partial charge is 0.381 e. The fourth-order valence-electron chi connectivity index (χ4n) is 2.35. The first-order valence-electron chi connectivity index (χ1n) is 6.94. The molecule has 0 bridgehead atoms. The van der Waals surface area contributed by atoms with Crippen LogP contribution < -0.4 is 4.72 Å². The van der Waals surface area contributed by atoms with Crippen LogP contribution in [-0.4, -0.2) is 28.2 Å². The van der Waals surface area contributed by atoms with Crippen molar-refractivity contribution in [2.45, 2.75) is 31.6 Å². The second-order valence-corrected chi connectivity index (χ2v) is 7.58. The third kappa shape index (κ3) is 3.82. The Bertz CT molecular complexity index is 656. The highest BCUT2D eigenvalue weighted by Gasteiger charge is 2.29. The van der Waals surface area contributed by atoms with Gasteiger partial charge in [0.1, 0.15) is 0 Å². The van der Waals surface area contributed by atoms with Crippen molar-refractivity contribution in [2.75, 3.05) is 19.8 Å². The zero-order valence-corrected chi connectivity index (χ0v) is 13.2. The van der Waals surface area contributed by atoms with Gasteiger partial charge >= 0.3 is 0 Å². The standard InChI is InChI=1S/C15H20N2O3S/c1-12-3-4-13(10-16)9-14(12)21(18,19)17-11-15(2)5-7-20-8-6-15/h3-4,9,17H,5-8,11H2,1-2H3. The van der Waals surface area contributed by atoms with E-state index in [2.05, 4.69) is 11.6 Å². The van der Waals surface area contributed by atoms with Crippen LogP contribution >= 0.6 is 0 Å². The first-order valence-corrected chi connectivity index (χ1v) is 8.43. The van der Waals surface area contributed by atoms with Crippen LogP contribution in [0.5, 0.6) is 0 Å². The van der Waals surface area contributed by atoms with Gasteiger partial charge in [-0.3, -0.25) is 0 Å². The van der Waals surface area contributed by atoms with Gasteiger partial charge in [0.15, 0.2) is 0 Å². The number of nitrogens with zero attached hydrogens (tertiary/aromatic N) is 1. The number of hydrogen-bond donors (Lipinski definition) is 1. The number of ether oxygens (including phenoxy) is 1. The smallest absolute Gasteiger partial charge is 0.240 e. The molecule has 0 unspecified atom stereocenters. The molecule has 1 aliphatic rings. The highest BCUT2D eigenvalue weighted by atomic mass is 32.2. The summed E-state index contributed by atoms with van der Waals surface area (Å²) in [5.41, 5.74) is 0.906. The first-order chi connectivity index (χ1) is 9.86. The average molecular weight is 308 g/mol. The first kappa shape index (κ1) is 16.0. The molecule has 0 aromatic heterocycles. The average Bonchev–Trinajstić information content (AvgIpc) is 2.47. The van der Waals surface area contributed by atoms with Crippen molar-refractivity contribution >= 4 is 10.0 Å². The molecule has 1 heterocycles. The molecule has 1 fully saturated rings. The van der Waals surface area contributed by atoms with Gasteiger partial charge in [-0.05, 0) is 42.9 Å². The summed E-state index contributed by atoms with van der Waals surface area (Å²) in [4.78, 5) is 0.178. The van der Waals surface area contributed by atoms with Gasteiger partial charge in [0, 0.05) is 19.8 Å². The number of rotatable bonds is 4. The van der Waals surface area contributed by atoms with Gasteiger partial charge in [-0.15, -0.1) is 0 Å². The lowest BCUT2D eigenvalue weighted by molar-refractivity contribution is 0.0264. The highest BCUT2D eigenvalue weighted by Crippen LogP contribution is 2.29. The number of hydrogen-bond acceptors (Lipinski definition) is 4. The van der Waals surface area contributed by atoms with E-state index < -0.39 is 10.0 Å². The molecule has 0 atom stereocenters. The minimum Gasteiger partial charge on any atom is -0.381 e. The molecule has 0 aliphatic carbocycles. The molecule has 0 radical (unpaired) electrons. The lowest BCUT2D eigenvalue weighted by atomic mass is 9.83. The fraction of sp³-hybridized carbons (Fsp3) is 0.533. The highest BCUT2D eigenvalue weighted by molar-refractivity contribution is 7.89. The number of benzene rings is 1. The fourth-order valence-corrected chi connectivity index (χ4v) is 3.82. The predicted molar refractivity (Wildman–Crippen MR) is 79.2 cm³/mol. The Hall–Kier alpha value is -1.42. The monoisotopic (exact) mass is 308 g/mol. The minimum absolute atomic E-state index is 0.0773. The summed E-state index contributed by atoms with van der Waals surface area (Å²) in [6.07, 6.45) is 1.68. The number of nitrogens with one attached hydrogen (secondary N) is 1. The number of aryl methyl sites for hydroxylation is 1. The molecule has 114 valence electrons. The Morgan fingerprint density at radius 2 is 2.05 bits per heavy atom. The molecule has 1 aliphatic heterocycles. The number of nitriles is 1. The third-order valence-corrected chi connectivity index (χ3v) is 5.54. The van der Waals surface area contributed by atoms with E-state index in [1.54, 1.807) is 19.1 Å². The summed E-state index contributed by atoms with van der Waals surface area (Å²) < 4.78 is 32.9. The van der Waals surface area contributed by atoms with Crippen molar-refractivity contribution < 1.29 is 13.2 Å². The normalized spacial score (nSPS) is 18.1. The van der Waals surface area contributed by atoms with Gasteiger partial charge in [-0.1, -0.05) is 13.0 Å². The van der Waals surface area contributed by atoms with Gasteiger partial charge in [0.2, 0.25) is 10.0 Å². The second-order valence-electron chi connectivity index (χ2n) is 5.84. The van der Waals surface area contributed by atoms with E-state index in [0.29, 0.717) is 30.9 Å². The van der Waals surface area contributed by atoms with Crippen molar-refractivity contribution in [1.82, 2.24) is 4.72 Å². The van der Waals surface area contributed by atoms with E-state index in [1.165, 1.54) is 6.07 Å². The lowest BCUT2D eigenvalue weighted by Gasteiger charge is -2.33. The Balaban J connectivity index is 2.17.